The molecule has 0 aliphatic carbocycles. The van der Waals surface area contributed by atoms with Gasteiger partial charge in [0.15, 0.2) is 11.6 Å². The highest BCUT2D eigenvalue weighted by Gasteiger charge is 2.33. The first-order valence-corrected chi connectivity index (χ1v) is 13.6. The number of fused-ring (bicyclic) bond motifs is 1. The summed E-state index contributed by atoms with van der Waals surface area (Å²) in [5.74, 6) is -0.671. The van der Waals surface area contributed by atoms with Gasteiger partial charge in [-0.25, -0.2) is 22.2 Å². The summed E-state index contributed by atoms with van der Waals surface area (Å²) in [7, 11) is -3.83. The Bertz CT molecular complexity index is 1380. The van der Waals surface area contributed by atoms with Crippen molar-refractivity contribution in [1.29, 1.82) is 0 Å². The van der Waals surface area contributed by atoms with Gasteiger partial charge in [0.2, 0.25) is 21.9 Å². The van der Waals surface area contributed by atoms with Crippen LogP contribution in [0.25, 0.3) is 0 Å². The van der Waals surface area contributed by atoms with Crippen LogP contribution in [0, 0.1) is 17.6 Å². The highest BCUT2D eigenvalue weighted by atomic mass is 35.5. The SMILES string of the molecule is CC1CCN(c2nc3c(c(Oc4ccc(F)cc4F)n2)CN(S(=O)(=O)c2ccc(Cl)cc2)CC3)CC1. The molecule has 0 unspecified atom stereocenters. The number of sulfonamides is 1. The van der Waals surface area contributed by atoms with Gasteiger partial charge in [0, 0.05) is 43.7 Å². The fraction of sp³-hybridized carbons (Fsp3) is 0.360. The van der Waals surface area contributed by atoms with Crippen LogP contribution in [0.3, 0.4) is 0 Å². The molecule has 2 aromatic carbocycles. The lowest BCUT2D eigenvalue weighted by Crippen LogP contribution is -2.38. The molecular weight excluding hydrogens is 510 g/mol. The normalized spacial score (nSPS) is 17.2. The van der Waals surface area contributed by atoms with Crippen molar-refractivity contribution < 1.29 is 21.9 Å². The van der Waals surface area contributed by atoms with Crippen LogP contribution < -0.4 is 9.64 Å². The van der Waals surface area contributed by atoms with Gasteiger partial charge in [-0.15, -0.1) is 0 Å². The fourth-order valence-electron chi connectivity index (χ4n) is 4.40. The Kier molecular flexibility index (Phi) is 6.84. The van der Waals surface area contributed by atoms with Crippen LogP contribution in [0.5, 0.6) is 11.6 Å². The molecule has 0 N–H and O–H groups in total. The van der Waals surface area contributed by atoms with Gasteiger partial charge < -0.3 is 9.64 Å². The number of halogens is 3. The first kappa shape index (κ1) is 24.9. The molecule has 36 heavy (non-hydrogen) atoms. The van der Waals surface area contributed by atoms with E-state index >= 15 is 0 Å². The molecule has 0 saturated carbocycles. The van der Waals surface area contributed by atoms with E-state index in [0.29, 0.717) is 34.6 Å². The van der Waals surface area contributed by atoms with E-state index in [9.17, 15) is 17.2 Å². The summed E-state index contributed by atoms with van der Waals surface area (Å²) in [5.41, 5.74) is 1.11. The molecule has 5 rings (SSSR count). The third-order valence-corrected chi connectivity index (χ3v) is 8.71. The van der Waals surface area contributed by atoms with Crippen molar-refractivity contribution in [1.82, 2.24) is 14.3 Å². The minimum atomic E-state index is -3.83. The van der Waals surface area contributed by atoms with E-state index in [-0.39, 0.29) is 29.6 Å². The van der Waals surface area contributed by atoms with E-state index in [1.807, 2.05) is 0 Å². The Hall–Kier alpha value is -2.82. The van der Waals surface area contributed by atoms with Gasteiger partial charge in [-0.3, -0.25) is 0 Å². The third kappa shape index (κ3) is 5.02. The van der Waals surface area contributed by atoms with E-state index < -0.39 is 21.7 Å². The number of rotatable bonds is 5. The lowest BCUT2D eigenvalue weighted by atomic mass is 9.99. The Morgan fingerprint density at radius 3 is 2.44 bits per heavy atom. The largest absolute Gasteiger partial charge is 0.435 e. The first-order valence-electron chi connectivity index (χ1n) is 11.7. The first-order chi connectivity index (χ1) is 17.2. The fourth-order valence-corrected chi connectivity index (χ4v) is 5.94. The molecule has 1 fully saturated rings. The van der Waals surface area contributed by atoms with Gasteiger partial charge in [-0.05, 0) is 55.2 Å². The van der Waals surface area contributed by atoms with Crippen LogP contribution in [0.2, 0.25) is 5.02 Å². The molecule has 0 radical (unpaired) electrons. The van der Waals surface area contributed by atoms with Crippen LogP contribution >= 0.6 is 11.6 Å². The molecule has 3 heterocycles. The molecule has 3 aromatic rings. The van der Waals surface area contributed by atoms with Crippen LogP contribution in [-0.4, -0.2) is 42.3 Å². The monoisotopic (exact) mass is 534 g/mol. The second-order valence-corrected chi connectivity index (χ2v) is 11.5. The summed E-state index contributed by atoms with van der Waals surface area (Å²) in [6, 6.07) is 8.96. The highest BCUT2D eigenvalue weighted by Crippen LogP contribution is 2.35. The van der Waals surface area contributed by atoms with Crippen LogP contribution in [0.15, 0.2) is 47.4 Å². The van der Waals surface area contributed by atoms with Crippen molar-refractivity contribution in [3.63, 3.8) is 0 Å². The molecule has 7 nitrogen and oxygen atoms in total. The maximum atomic E-state index is 14.5. The maximum absolute atomic E-state index is 14.5. The van der Waals surface area contributed by atoms with E-state index in [1.165, 1.54) is 34.6 Å². The van der Waals surface area contributed by atoms with Crippen LogP contribution in [0.4, 0.5) is 14.7 Å². The smallest absolute Gasteiger partial charge is 0.243 e. The van der Waals surface area contributed by atoms with Crippen molar-refractivity contribution in [3.8, 4) is 11.6 Å². The Morgan fingerprint density at radius 2 is 1.75 bits per heavy atom. The molecule has 1 saturated heterocycles. The van der Waals surface area contributed by atoms with Crippen LogP contribution in [-0.2, 0) is 23.0 Å². The zero-order valence-electron chi connectivity index (χ0n) is 19.6. The molecule has 0 spiro atoms. The second kappa shape index (κ2) is 9.91. The summed E-state index contributed by atoms with van der Waals surface area (Å²) in [5, 5.41) is 0.433. The minimum Gasteiger partial charge on any atom is -0.435 e. The van der Waals surface area contributed by atoms with Crippen molar-refractivity contribution in [2.75, 3.05) is 24.5 Å². The van der Waals surface area contributed by atoms with Crippen LogP contribution in [0.1, 0.15) is 31.0 Å². The Labute approximate surface area is 213 Å². The zero-order chi connectivity index (χ0) is 25.4. The standard InChI is InChI=1S/C25H25ClF2N4O3S/c1-16-8-11-31(12-9-16)25-29-22-10-13-32(36(33,34)19-5-2-17(26)3-6-19)15-20(22)24(30-25)35-23-7-4-18(27)14-21(23)28/h2-7,14,16H,8-13,15H2,1H3. The lowest BCUT2D eigenvalue weighted by molar-refractivity contribution is 0.362. The summed E-state index contributed by atoms with van der Waals surface area (Å²) in [6.45, 7) is 3.93. The number of benzene rings is 2. The number of hydrogen-bond donors (Lipinski definition) is 0. The number of piperidine rings is 1. The second-order valence-electron chi connectivity index (χ2n) is 9.14. The van der Waals surface area contributed by atoms with Crippen molar-refractivity contribution in [2.45, 2.75) is 37.6 Å². The van der Waals surface area contributed by atoms with E-state index in [4.69, 9.17) is 21.3 Å². The predicted octanol–water partition coefficient (Wildman–Crippen LogP) is 5.18. The highest BCUT2D eigenvalue weighted by molar-refractivity contribution is 7.89. The average molecular weight is 535 g/mol. The molecule has 2 aliphatic rings. The van der Waals surface area contributed by atoms with Crippen molar-refractivity contribution in [3.05, 3.63) is 70.4 Å². The number of hydrogen-bond acceptors (Lipinski definition) is 6. The molecular formula is C25H25ClF2N4O3S. The average Bonchev–Trinajstić information content (AvgIpc) is 2.86. The van der Waals surface area contributed by atoms with E-state index in [2.05, 4.69) is 16.8 Å². The van der Waals surface area contributed by atoms with Gasteiger partial charge in [0.05, 0.1) is 16.2 Å². The number of ether oxygens (including phenoxy) is 1. The molecule has 2 aliphatic heterocycles. The van der Waals surface area contributed by atoms with Gasteiger partial charge in [-0.2, -0.15) is 9.29 Å². The zero-order valence-corrected chi connectivity index (χ0v) is 21.2. The maximum Gasteiger partial charge on any atom is 0.243 e. The number of aromatic nitrogens is 2. The molecule has 0 atom stereocenters. The summed E-state index contributed by atoms with van der Waals surface area (Å²) >= 11 is 5.92. The lowest BCUT2D eigenvalue weighted by Gasteiger charge is -2.33. The Morgan fingerprint density at radius 1 is 1.03 bits per heavy atom. The number of anilines is 1. The summed E-state index contributed by atoms with van der Waals surface area (Å²) in [6.07, 6.45) is 2.33. The minimum absolute atomic E-state index is 0.0459. The van der Waals surface area contributed by atoms with E-state index in [0.717, 1.165) is 38.1 Å². The predicted molar refractivity (Wildman–Crippen MR) is 132 cm³/mol. The van der Waals surface area contributed by atoms with Gasteiger partial charge >= 0.3 is 0 Å². The van der Waals surface area contributed by atoms with Crippen molar-refractivity contribution in [2.24, 2.45) is 5.92 Å². The molecule has 0 bridgehead atoms. The molecule has 1 aromatic heterocycles. The molecule has 11 heteroatoms. The molecule has 190 valence electrons. The quantitative estimate of drug-likeness (QED) is 0.449. The van der Waals surface area contributed by atoms with Gasteiger partial charge in [0.1, 0.15) is 5.82 Å². The topological polar surface area (TPSA) is 75.6 Å². The molecule has 0 amide bonds. The van der Waals surface area contributed by atoms with Gasteiger partial charge in [-0.1, -0.05) is 18.5 Å². The Balaban J connectivity index is 1.52. The van der Waals surface area contributed by atoms with E-state index in [1.54, 1.807) is 0 Å². The van der Waals surface area contributed by atoms with Gasteiger partial charge in [0.25, 0.3) is 0 Å². The third-order valence-electron chi connectivity index (χ3n) is 6.59. The number of nitrogens with zero attached hydrogens (tertiary/aromatic N) is 4. The van der Waals surface area contributed by atoms with Crippen molar-refractivity contribution >= 4 is 27.6 Å². The summed E-state index contributed by atoms with van der Waals surface area (Å²) < 4.78 is 61.7. The summed E-state index contributed by atoms with van der Waals surface area (Å²) in [4.78, 5) is 11.5.